The fourth-order valence-electron chi connectivity index (χ4n) is 4.52. The third-order valence-electron chi connectivity index (χ3n) is 6.26. The van der Waals surface area contributed by atoms with Gasteiger partial charge in [-0.1, -0.05) is 29.8 Å². The zero-order valence-electron chi connectivity index (χ0n) is 22.0. The zero-order chi connectivity index (χ0) is 26.5. The normalized spacial score (nSPS) is 12.0. The molecule has 8 nitrogen and oxygen atoms in total. The van der Waals surface area contributed by atoms with Crippen LogP contribution in [-0.2, 0) is 9.47 Å². The van der Waals surface area contributed by atoms with E-state index >= 15 is 0 Å². The van der Waals surface area contributed by atoms with Gasteiger partial charge in [-0.2, -0.15) is 0 Å². The van der Waals surface area contributed by atoms with Crippen LogP contribution < -0.4 is 15.4 Å². The minimum absolute atomic E-state index is 0.194. The summed E-state index contributed by atoms with van der Waals surface area (Å²) < 4.78 is 18.6. The lowest BCUT2D eigenvalue weighted by Crippen LogP contribution is -2.24. The number of hydrogen-bond acceptors (Lipinski definition) is 7. The van der Waals surface area contributed by atoms with Gasteiger partial charge in [0, 0.05) is 26.1 Å². The Morgan fingerprint density at radius 1 is 0.895 bits per heavy atom. The van der Waals surface area contributed by atoms with Crippen LogP contribution in [0.3, 0.4) is 0 Å². The average Bonchev–Trinajstić information content (AvgIpc) is 2.93. The monoisotopic (exact) mass is 509 g/mol. The van der Waals surface area contributed by atoms with E-state index in [1.807, 2.05) is 36.4 Å². The second kappa shape index (κ2) is 11.4. The maximum Gasteiger partial charge on any atom is 0.237 e. The van der Waals surface area contributed by atoms with E-state index < -0.39 is 0 Å². The van der Waals surface area contributed by atoms with Gasteiger partial charge < -0.3 is 24.1 Å². The third-order valence-corrected chi connectivity index (χ3v) is 6.26. The second-order valence-corrected chi connectivity index (χ2v) is 9.01. The number of pyridine rings is 1. The molecule has 0 unspecified atom stereocenters. The molecule has 5 rings (SSSR count). The average molecular weight is 510 g/mol. The SMILES string of the molecule is COCC(COC)/N=c1\cc2n(-c3ccc(C)cc3)c3ccccc3nc-2cc1Nc1cccnc1OC. The van der Waals surface area contributed by atoms with Gasteiger partial charge in [0.05, 0.1) is 59.8 Å². The summed E-state index contributed by atoms with van der Waals surface area (Å²) in [5.41, 5.74) is 7.41. The first-order valence-corrected chi connectivity index (χ1v) is 12.4. The number of para-hydroxylation sites is 2. The molecule has 0 atom stereocenters. The Bertz CT molecular complexity index is 1570. The minimum atomic E-state index is -0.194. The van der Waals surface area contributed by atoms with E-state index in [0.29, 0.717) is 19.1 Å². The number of methoxy groups -OCH3 is 3. The summed E-state index contributed by atoms with van der Waals surface area (Å²) in [5.74, 6) is 0.491. The topological polar surface area (TPSA) is 82.8 Å². The lowest BCUT2D eigenvalue weighted by Gasteiger charge is -2.21. The Morgan fingerprint density at radius 3 is 2.39 bits per heavy atom. The maximum atomic E-state index is 5.48. The highest BCUT2D eigenvalue weighted by Gasteiger charge is 2.18. The van der Waals surface area contributed by atoms with Gasteiger partial charge in [-0.3, -0.25) is 4.99 Å². The van der Waals surface area contributed by atoms with Crippen LogP contribution in [0, 0.1) is 6.92 Å². The van der Waals surface area contributed by atoms with Gasteiger partial charge in [-0.05, 0) is 55.5 Å². The molecule has 1 aliphatic carbocycles. The number of anilines is 2. The largest absolute Gasteiger partial charge is 0.480 e. The van der Waals surface area contributed by atoms with E-state index in [1.165, 1.54) is 5.56 Å². The van der Waals surface area contributed by atoms with Crippen LogP contribution in [0.5, 0.6) is 5.88 Å². The molecule has 1 aromatic heterocycles. The Labute approximate surface area is 221 Å². The zero-order valence-corrected chi connectivity index (χ0v) is 22.0. The van der Waals surface area contributed by atoms with Crippen molar-refractivity contribution in [1.29, 1.82) is 0 Å². The van der Waals surface area contributed by atoms with Crippen LogP contribution in [0.4, 0.5) is 11.4 Å². The van der Waals surface area contributed by atoms with Crippen molar-refractivity contribution in [2.24, 2.45) is 4.99 Å². The first kappa shape index (κ1) is 25.4. The van der Waals surface area contributed by atoms with E-state index in [2.05, 4.69) is 58.2 Å². The molecule has 0 bridgehead atoms. The summed E-state index contributed by atoms with van der Waals surface area (Å²) in [7, 11) is 4.93. The van der Waals surface area contributed by atoms with Crippen LogP contribution in [0.2, 0.25) is 0 Å². The maximum absolute atomic E-state index is 5.48. The number of ether oxygens (including phenoxy) is 3. The van der Waals surface area contributed by atoms with Gasteiger partial charge in [-0.15, -0.1) is 0 Å². The molecule has 0 radical (unpaired) electrons. The molecule has 194 valence electrons. The van der Waals surface area contributed by atoms with Gasteiger partial charge in [0.15, 0.2) is 0 Å². The Balaban J connectivity index is 1.81. The molecule has 2 aliphatic rings. The molecule has 1 aliphatic heterocycles. The summed E-state index contributed by atoms with van der Waals surface area (Å²) >= 11 is 0. The predicted molar refractivity (Wildman–Crippen MR) is 150 cm³/mol. The van der Waals surface area contributed by atoms with Crippen molar-refractivity contribution in [1.82, 2.24) is 14.5 Å². The lowest BCUT2D eigenvalue weighted by molar-refractivity contribution is 0.118. The van der Waals surface area contributed by atoms with Crippen molar-refractivity contribution in [2.75, 3.05) is 39.9 Å². The molecule has 0 saturated carbocycles. The van der Waals surface area contributed by atoms with Crippen LogP contribution in [-0.4, -0.2) is 55.1 Å². The van der Waals surface area contributed by atoms with E-state index in [0.717, 1.165) is 44.8 Å². The Hall–Kier alpha value is -4.27. The summed E-state index contributed by atoms with van der Waals surface area (Å²) in [5, 5.41) is 4.23. The second-order valence-electron chi connectivity index (χ2n) is 9.01. The van der Waals surface area contributed by atoms with E-state index in [1.54, 1.807) is 27.5 Å². The van der Waals surface area contributed by atoms with Crippen molar-refractivity contribution in [3.8, 4) is 23.0 Å². The highest BCUT2D eigenvalue weighted by Crippen LogP contribution is 2.31. The standard InChI is InChI=1S/C30H31N5O3/c1-20-11-13-22(14-12-20)35-28-10-6-5-8-23(28)33-27-16-25(34-24-9-7-15-31-30(24)38-4)26(17-29(27)35)32-21(18-36-2)19-37-3/h5-17,21,34H,18-19H2,1-4H3/b32-26+. The fourth-order valence-corrected chi connectivity index (χ4v) is 4.52. The minimum Gasteiger partial charge on any atom is -0.480 e. The van der Waals surface area contributed by atoms with E-state index in [-0.39, 0.29) is 6.04 Å². The quantitative estimate of drug-likeness (QED) is 0.277. The molecule has 38 heavy (non-hydrogen) atoms. The number of fused-ring (bicyclic) bond motifs is 2. The summed E-state index contributed by atoms with van der Waals surface area (Å²) in [6.45, 7) is 2.94. The summed E-state index contributed by atoms with van der Waals surface area (Å²) in [6.07, 6.45) is 1.70. The highest BCUT2D eigenvalue weighted by atomic mass is 16.5. The van der Waals surface area contributed by atoms with Crippen molar-refractivity contribution in [3.05, 3.63) is 89.9 Å². The Morgan fingerprint density at radius 2 is 1.66 bits per heavy atom. The molecule has 2 aromatic carbocycles. The van der Waals surface area contributed by atoms with Crippen molar-refractivity contribution in [3.63, 3.8) is 0 Å². The number of rotatable bonds is 9. The number of aromatic nitrogens is 3. The number of benzene rings is 3. The van der Waals surface area contributed by atoms with Crippen molar-refractivity contribution >= 4 is 22.4 Å². The van der Waals surface area contributed by atoms with Crippen LogP contribution in [0.1, 0.15) is 5.56 Å². The van der Waals surface area contributed by atoms with Gasteiger partial charge in [0.2, 0.25) is 5.88 Å². The number of aryl methyl sites for hydroxylation is 1. The highest BCUT2D eigenvalue weighted by molar-refractivity contribution is 5.84. The predicted octanol–water partition coefficient (Wildman–Crippen LogP) is 5.15. The number of nitrogens with zero attached hydrogens (tertiary/aromatic N) is 4. The summed E-state index contributed by atoms with van der Waals surface area (Å²) in [4.78, 5) is 14.4. The molecule has 0 amide bonds. The molecule has 0 fully saturated rings. The van der Waals surface area contributed by atoms with Gasteiger partial charge in [0.25, 0.3) is 0 Å². The van der Waals surface area contributed by atoms with E-state index in [4.69, 9.17) is 24.2 Å². The van der Waals surface area contributed by atoms with Gasteiger partial charge >= 0.3 is 0 Å². The first-order chi connectivity index (χ1) is 18.6. The molecule has 2 heterocycles. The molecular weight excluding hydrogens is 478 g/mol. The van der Waals surface area contributed by atoms with Crippen molar-refractivity contribution < 1.29 is 14.2 Å². The van der Waals surface area contributed by atoms with Crippen LogP contribution in [0.15, 0.2) is 84.0 Å². The molecule has 0 spiro atoms. The smallest absolute Gasteiger partial charge is 0.237 e. The van der Waals surface area contributed by atoms with Crippen LogP contribution in [0.25, 0.3) is 28.1 Å². The third kappa shape index (κ3) is 5.22. The number of nitrogens with one attached hydrogen (secondary N) is 1. The van der Waals surface area contributed by atoms with Gasteiger partial charge in [-0.25, -0.2) is 9.97 Å². The molecule has 0 saturated heterocycles. The van der Waals surface area contributed by atoms with Gasteiger partial charge in [0.1, 0.15) is 5.69 Å². The Kier molecular flexibility index (Phi) is 7.62. The molecular formula is C30H31N5O3. The lowest BCUT2D eigenvalue weighted by atomic mass is 10.1. The fraction of sp³-hybridized carbons (Fsp3) is 0.233. The molecule has 8 heteroatoms. The van der Waals surface area contributed by atoms with Crippen LogP contribution >= 0.6 is 0 Å². The first-order valence-electron chi connectivity index (χ1n) is 12.4. The summed E-state index contributed by atoms with van der Waals surface area (Å²) in [6, 6.07) is 24.3. The van der Waals surface area contributed by atoms with E-state index in [9.17, 15) is 0 Å². The molecule has 1 N–H and O–H groups in total. The molecule has 3 aromatic rings. The van der Waals surface area contributed by atoms with Crippen molar-refractivity contribution in [2.45, 2.75) is 13.0 Å². The number of hydrogen-bond donors (Lipinski definition) is 1.